The van der Waals surface area contributed by atoms with E-state index in [4.69, 9.17) is 32.4 Å². The van der Waals surface area contributed by atoms with E-state index in [0.29, 0.717) is 53.4 Å². The first-order chi connectivity index (χ1) is 13.6. The average Bonchev–Trinajstić information content (AvgIpc) is 3.17. The minimum atomic E-state index is -0.436. The standard InChI is InChI=1S/C20H19Cl2N3O3/c21-15-1-3-18(22)17(12-15)19-4-2-16(28-19)11-14(13-23)20(26)24-5-6-25-7-9-27-10-8-25/h1-4,11-12H,5-10H2,(H,24,26)/b14-11-. The number of nitriles is 1. The van der Waals surface area contributed by atoms with Crippen molar-refractivity contribution in [3.63, 3.8) is 0 Å². The van der Waals surface area contributed by atoms with Crippen LogP contribution in [0.1, 0.15) is 5.76 Å². The van der Waals surface area contributed by atoms with Crippen molar-refractivity contribution < 1.29 is 13.9 Å². The molecule has 0 saturated carbocycles. The molecule has 1 N–H and O–H groups in total. The lowest BCUT2D eigenvalue weighted by molar-refractivity contribution is -0.117. The Hall–Kier alpha value is -2.30. The Balaban J connectivity index is 1.64. The predicted molar refractivity (Wildman–Crippen MR) is 108 cm³/mol. The number of nitrogens with zero attached hydrogens (tertiary/aromatic N) is 2. The van der Waals surface area contributed by atoms with Crippen LogP contribution >= 0.6 is 23.2 Å². The molecule has 1 aromatic carbocycles. The second-order valence-electron chi connectivity index (χ2n) is 6.21. The van der Waals surface area contributed by atoms with E-state index in [1.54, 1.807) is 30.3 Å². The third-order valence-electron chi connectivity index (χ3n) is 4.29. The Morgan fingerprint density at radius 1 is 1.25 bits per heavy atom. The zero-order chi connectivity index (χ0) is 19.9. The fraction of sp³-hybridized carbons (Fsp3) is 0.300. The predicted octanol–water partition coefficient (Wildman–Crippen LogP) is 3.61. The third kappa shape index (κ3) is 5.37. The second kappa shape index (κ2) is 9.76. The van der Waals surface area contributed by atoms with Gasteiger partial charge in [0.25, 0.3) is 5.91 Å². The molecular formula is C20H19Cl2N3O3. The molecule has 1 amide bonds. The third-order valence-corrected chi connectivity index (χ3v) is 4.85. The molecular weight excluding hydrogens is 401 g/mol. The number of hydrogen-bond donors (Lipinski definition) is 1. The molecule has 0 atom stereocenters. The minimum Gasteiger partial charge on any atom is -0.457 e. The maximum Gasteiger partial charge on any atom is 0.262 e. The van der Waals surface area contributed by atoms with Gasteiger partial charge in [-0.2, -0.15) is 5.26 Å². The van der Waals surface area contributed by atoms with Gasteiger partial charge in [0, 0.05) is 42.8 Å². The van der Waals surface area contributed by atoms with Crippen LogP contribution in [0.3, 0.4) is 0 Å². The summed E-state index contributed by atoms with van der Waals surface area (Å²) >= 11 is 12.2. The van der Waals surface area contributed by atoms with E-state index in [9.17, 15) is 10.1 Å². The number of ether oxygens (including phenoxy) is 1. The molecule has 1 aromatic heterocycles. The van der Waals surface area contributed by atoms with Crippen LogP contribution in [0.15, 0.2) is 40.3 Å². The van der Waals surface area contributed by atoms with Crippen LogP contribution in [0.2, 0.25) is 10.0 Å². The number of carbonyl (C=O) groups excluding carboxylic acids is 1. The Bertz CT molecular complexity index is 912. The minimum absolute atomic E-state index is 0.0277. The van der Waals surface area contributed by atoms with Crippen LogP contribution in [0.25, 0.3) is 17.4 Å². The van der Waals surface area contributed by atoms with Gasteiger partial charge >= 0.3 is 0 Å². The van der Waals surface area contributed by atoms with Crippen molar-refractivity contribution in [1.29, 1.82) is 5.26 Å². The number of carbonyl (C=O) groups is 1. The Kier molecular flexibility index (Phi) is 7.12. The van der Waals surface area contributed by atoms with Gasteiger partial charge in [0.05, 0.1) is 18.2 Å². The molecule has 1 fully saturated rings. The van der Waals surface area contributed by atoms with Gasteiger partial charge in [0.2, 0.25) is 0 Å². The van der Waals surface area contributed by atoms with Gasteiger partial charge in [-0.3, -0.25) is 9.69 Å². The highest BCUT2D eigenvalue weighted by molar-refractivity contribution is 6.35. The van der Waals surface area contributed by atoms with E-state index in [1.807, 2.05) is 6.07 Å². The van der Waals surface area contributed by atoms with Gasteiger partial charge in [-0.25, -0.2) is 0 Å². The first kappa shape index (κ1) is 20.4. The van der Waals surface area contributed by atoms with Crippen molar-refractivity contribution >= 4 is 35.2 Å². The van der Waals surface area contributed by atoms with Crippen molar-refractivity contribution in [2.75, 3.05) is 39.4 Å². The van der Waals surface area contributed by atoms with Crippen molar-refractivity contribution in [2.45, 2.75) is 0 Å². The highest BCUT2D eigenvalue weighted by atomic mass is 35.5. The van der Waals surface area contributed by atoms with Crippen molar-refractivity contribution in [1.82, 2.24) is 10.2 Å². The molecule has 0 spiro atoms. The number of hydrogen-bond acceptors (Lipinski definition) is 5. The van der Waals surface area contributed by atoms with E-state index in [1.165, 1.54) is 6.08 Å². The van der Waals surface area contributed by atoms with Gasteiger partial charge in [0.1, 0.15) is 23.2 Å². The van der Waals surface area contributed by atoms with Crippen LogP contribution in [0.4, 0.5) is 0 Å². The second-order valence-corrected chi connectivity index (χ2v) is 7.05. The van der Waals surface area contributed by atoms with Gasteiger partial charge in [0.15, 0.2) is 0 Å². The zero-order valence-electron chi connectivity index (χ0n) is 15.1. The number of morpholine rings is 1. The molecule has 28 heavy (non-hydrogen) atoms. The molecule has 0 bridgehead atoms. The van der Waals surface area contributed by atoms with Gasteiger partial charge < -0.3 is 14.5 Å². The van der Waals surface area contributed by atoms with E-state index in [2.05, 4.69) is 10.2 Å². The smallest absolute Gasteiger partial charge is 0.262 e. The monoisotopic (exact) mass is 419 g/mol. The first-order valence-electron chi connectivity index (χ1n) is 8.82. The van der Waals surface area contributed by atoms with Crippen LogP contribution in [0, 0.1) is 11.3 Å². The summed E-state index contributed by atoms with van der Waals surface area (Å²) in [5.41, 5.74) is 0.613. The summed E-state index contributed by atoms with van der Waals surface area (Å²) < 4.78 is 11.0. The van der Waals surface area contributed by atoms with E-state index in [0.717, 1.165) is 13.1 Å². The topological polar surface area (TPSA) is 78.5 Å². The van der Waals surface area contributed by atoms with Crippen molar-refractivity contribution in [3.05, 3.63) is 51.7 Å². The van der Waals surface area contributed by atoms with Crippen LogP contribution in [-0.2, 0) is 9.53 Å². The Morgan fingerprint density at radius 2 is 2.04 bits per heavy atom. The largest absolute Gasteiger partial charge is 0.457 e. The summed E-state index contributed by atoms with van der Waals surface area (Å²) in [5, 5.41) is 13.1. The molecule has 1 aliphatic heterocycles. The number of furan rings is 1. The summed E-state index contributed by atoms with van der Waals surface area (Å²) in [7, 11) is 0. The first-order valence-corrected chi connectivity index (χ1v) is 9.58. The number of nitrogens with one attached hydrogen (secondary N) is 1. The zero-order valence-corrected chi connectivity index (χ0v) is 16.6. The highest BCUT2D eigenvalue weighted by Crippen LogP contribution is 2.32. The number of amides is 1. The summed E-state index contributed by atoms with van der Waals surface area (Å²) in [6.45, 7) is 4.27. The van der Waals surface area contributed by atoms with E-state index >= 15 is 0 Å². The Labute approximate surface area is 173 Å². The van der Waals surface area contributed by atoms with Gasteiger partial charge in [-0.05, 0) is 30.3 Å². The Morgan fingerprint density at radius 3 is 2.79 bits per heavy atom. The lowest BCUT2D eigenvalue weighted by Gasteiger charge is -2.26. The highest BCUT2D eigenvalue weighted by Gasteiger charge is 2.14. The summed E-state index contributed by atoms with van der Waals surface area (Å²) in [4.78, 5) is 14.5. The molecule has 3 rings (SSSR count). The normalized spacial score (nSPS) is 15.2. The maximum absolute atomic E-state index is 12.3. The molecule has 2 heterocycles. The number of halogens is 2. The molecule has 6 nitrogen and oxygen atoms in total. The number of rotatable bonds is 6. The molecule has 1 saturated heterocycles. The lowest BCUT2D eigenvalue weighted by Crippen LogP contribution is -2.41. The maximum atomic E-state index is 12.3. The van der Waals surface area contributed by atoms with Crippen molar-refractivity contribution in [3.8, 4) is 17.4 Å². The molecule has 0 aliphatic carbocycles. The molecule has 8 heteroatoms. The summed E-state index contributed by atoms with van der Waals surface area (Å²) in [6, 6.07) is 10.4. The van der Waals surface area contributed by atoms with Crippen LogP contribution in [-0.4, -0.2) is 50.2 Å². The van der Waals surface area contributed by atoms with E-state index in [-0.39, 0.29) is 5.57 Å². The molecule has 2 aromatic rings. The summed E-state index contributed by atoms with van der Waals surface area (Å²) in [5.74, 6) is 0.448. The number of benzene rings is 1. The fourth-order valence-corrected chi connectivity index (χ4v) is 3.18. The quantitative estimate of drug-likeness (QED) is 0.571. The van der Waals surface area contributed by atoms with Crippen molar-refractivity contribution in [2.24, 2.45) is 0 Å². The molecule has 1 aliphatic rings. The van der Waals surface area contributed by atoms with E-state index < -0.39 is 5.91 Å². The average molecular weight is 420 g/mol. The lowest BCUT2D eigenvalue weighted by atomic mass is 10.2. The molecule has 146 valence electrons. The van der Waals surface area contributed by atoms with Gasteiger partial charge in [-0.15, -0.1) is 0 Å². The summed E-state index contributed by atoms with van der Waals surface area (Å²) in [6.07, 6.45) is 1.41. The molecule has 0 radical (unpaired) electrons. The SMILES string of the molecule is N#C/C(=C/c1ccc(-c2cc(Cl)ccc2Cl)o1)C(=O)NCCN1CCOCC1. The molecule has 0 unspecified atom stereocenters. The van der Waals surface area contributed by atoms with Crippen LogP contribution in [0.5, 0.6) is 0 Å². The van der Waals surface area contributed by atoms with Crippen LogP contribution < -0.4 is 5.32 Å². The fourth-order valence-electron chi connectivity index (χ4n) is 2.80. The van der Waals surface area contributed by atoms with Gasteiger partial charge in [-0.1, -0.05) is 23.2 Å².